The van der Waals surface area contributed by atoms with Crippen LogP contribution in [-0.4, -0.2) is 39.9 Å². The molecule has 3 rings (SSSR count). The molecule has 0 spiro atoms. The van der Waals surface area contributed by atoms with E-state index in [9.17, 15) is 13.2 Å². The fourth-order valence-electron chi connectivity index (χ4n) is 4.36. The first-order valence-corrected chi connectivity index (χ1v) is 15.0. The number of carbonyl (C=O) groups excluding carboxylic acids is 1. The summed E-state index contributed by atoms with van der Waals surface area (Å²) in [5.41, 5.74) is 3.30. The van der Waals surface area contributed by atoms with Crippen LogP contribution in [0.5, 0.6) is 5.75 Å². The zero-order valence-corrected chi connectivity index (χ0v) is 24.6. The third-order valence-corrected chi connectivity index (χ3v) is 8.68. The van der Waals surface area contributed by atoms with Gasteiger partial charge in [0.2, 0.25) is 0 Å². The Morgan fingerprint density at radius 3 is 2.52 bits per heavy atom. The van der Waals surface area contributed by atoms with Gasteiger partial charge in [-0.05, 0) is 74.6 Å². The van der Waals surface area contributed by atoms with E-state index in [2.05, 4.69) is 5.10 Å². The molecule has 0 amide bonds. The maximum atomic E-state index is 14.0. The number of benzene rings is 3. The number of hydrogen-bond acceptors (Lipinski definition) is 7. The molecule has 0 bridgehead atoms. The maximum Gasteiger partial charge on any atom is 0.305 e. The van der Waals surface area contributed by atoms with E-state index in [1.54, 1.807) is 43.5 Å². The molecule has 0 aliphatic heterocycles. The molecule has 8 nitrogen and oxygen atoms in total. The largest absolute Gasteiger partial charge is 0.493 e. The van der Waals surface area contributed by atoms with Crippen molar-refractivity contribution in [1.29, 1.82) is 0 Å². The number of aryl methyl sites for hydroxylation is 1. The van der Waals surface area contributed by atoms with Gasteiger partial charge >= 0.3 is 5.97 Å². The van der Waals surface area contributed by atoms with Gasteiger partial charge in [-0.15, -0.1) is 0 Å². The lowest BCUT2D eigenvalue weighted by molar-refractivity contribution is -0.143. The van der Waals surface area contributed by atoms with Crippen LogP contribution in [0.3, 0.4) is 0 Å². The Morgan fingerprint density at radius 1 is 1.12 bits per heavy atom. The first kappa shape index (κ1) is 31.0. The summed E-state index contributed by atoms with van der Waals surface area (Å²) in [6.45, 7) is 6.17. The van der Waals surface area contributed by atoms with Crippen LogP contribution < -0.4 is 14.9 Å². The van der Waals surface area contributed by atoms with Crippen molar-refractivity contribution < 1.29 is 22.7 Å². The number of anilines is 1. The van der Waals surface area contributed by atoms with E-state index >= 15 is 0 Å². The third kappa shape index (κ3) is 8.47. The van der Waals surface area contributed by atoms with E-state index in [0.29, 0.717) is 43.9 Å². The molecule has 10 heteroatoms. The number of sulfonamides is 1. The number of nitrogens with two attached hydrogens (primary N) is 1. The Hall–Kier alpha value is -3.56. The quantitative estimate of drug-likeness (QED) is 0.109. The lowest BCUT2D eigenvalue weighted by Crippen LogP contribution is -2.39. The van der Waals surface area contributed by atoms with Crippen LogP contribution in [0.25, 0.3) is 0 Å². The van der Waals surface area contributed by atoms with E-state index in [1.165, 1.54) is 10.4 Å². The molecule has 0 aromatic heterocycles. The minimum absolute atomic E-state index is 0.0148. The molecule has 1 unspecified atom stereocenters. The summed E-state index contributed by atoms with van der Waals surface area (Å²) in [6, 6.07) is 19.1. The standard InChI is InChI=1S/C30H36ClN3O5S/c1-4-38-30(35)11-7-8-23(3)34(40(36,37)29-10-6-5-9-28(29)31)26-18-22(2)19-27(20-26)39-17-16-24-12-14-25(15-13-24)21-33-32/h5-6,9-10,12-15,18-21,23H,4,7-8,11,16-17,32H2,1-3H3. The highest BCUT2D eigenvalue weighted by Gasteiger charge is 2.31. The van der Waals surface area contributed by atoms with Gasteiger partial charge in [-0.25, -0.2) is 8.42 Å². The summed E-state index contributed by atoms with van der Waals surface area (Å²) in [7, 11) is -4.04. The number of halogens is 1. The number of esters is 1. The molecule has 0 fully saturated rings. The van der Waals surface area contributed by atoms with Gasteiger partial charge in [-0.3, -0.25) is 9.10 Å². The van der Waals surface area contributed by atoms with Gasteiger partial charge in [0.05, 0.1) is 30.1 Å². The first-order chi connectivity index (χ1) is 19.1. The van der Waals surface area contributed by atoms with Crippen LogP contribution in [-0.2, 0) is 26.0 Å². The van der Waals surface area contributed by atoms with Gasteiger partial charge in [-0.1, -0.05) is 48.0 Å². The van der Waals surface area contributed by atoms with E-state index < -0.39 is 16.1 Å². The lowest BCUT2D eigenvalue weighted by Gasteiger charge is -2.31. The number of hydrogen-bond donors (Lipinski definition) is 1. The number of ether oxygens (including phenoxy) is 2. The lowest BCUT2D eigenvalue weighted by atomic mass is 10.1. The van der Waals surface area contributed by atoms with Crippen molar-refractivity contribution in [2.75, 3.05) is 17.5 Å². The van der Waals surface area contributed by atoms with Crippen LogP contribution in [0.2, 0.25) is 5.02 Å². The highest BCUT2D eigenvalue weighted by Crippen LogP contribution is 2.34. The molecule has 214 valence electrons. The molecule has 40 heavy (non-hydrogen) atoms. The molecule has 0 saturated carbocycles. The Balaban J connectivity index is 1.85. The topological polar surface area (TPSA) is 111 Å². The summed E-state index contributed by atoms with van der Waals surface area (Å²) in [5.74, 6) is 5.46. The second-order valence-corrected chi connectivity index (χ2v) is 11.6. The Morgan fingerprint density at radius 2 is 1.85 bits per heavy atom. The molecule has 1 atom stereocenters. The fourth-order valence-corrected chi connectivity index (χ4v) is 6.53. The van der Waals surface area contributed by atoms with Crippen LogP contribution in [0.4, 0.5) is 5.69 Å². The first-order valence-electron chi connectivity index (χ1n) is 13.2. The van der Waals surface area contributed by atoms with Crippen molar-refractivity contribution >= 4 is 39.5 Å². The van der Waals surface area contributed by atoms with Crippen LogP contribution >= 0.6 is 11.6 Å². The molecule has 0 saturated heterocycles. The van der Waals surface area contributed by atoms with Crippen molar-refractivity contribution in [3.05, 3.63) is 88.4 Å². The van der Waals surface area contributed by atoms with Crippen molar-refractivity contribution in [1.82, 2.24) is 0 Å². The predicted octanol–water partition coefficient (Wildman–Crippen LogP) is 5.88. The van der Waals surface area contributed by atoms with E-state index in [-0.39, 0.29) is 22.3 Å². The van der Waals surface area contributed by atoms with Gasteiger partial charge in [0.1, 0.15) is 10.6 Å². The molecular weight excluding hydrogens is 550 g/mol. The highest BCUT2D eigenvalue weighted by atomic mass is 35.5. The molecule has 0 heterocycles. The zero-order valence-electron chi connectivity index (χ0n) is 23.0. The van der Waals surface area contributed by atoms with E-state index in [0.717, 1.165) is 16.7 Å². The highest BCUT2D eigenvalue weighted by molar-refractivity contribution is 7.93. The second kappa shape index (κ2) is 14.7. The van der Waals surface area contributed by atoms with Gasteiger partial charge in [0.15, 0.2) is 0 Å². The van der Waals surface area contributed by atoms with Gasteiger partial charge < -0.3 is 15.3 Å². The molecule has 0 aliphatic rings. The van der Waals surface area contributed by atoms with Crippen molar-refractivity contribution in [2.45, 2.75) is 57.4 Å². The minimum atomic E-state index is -4.04. The Kier molecular flexibility index (Phi) is 11.4. The summed E-state index contributed by atoms with van der Waals surface area (Å²) in [5, 5.41) is 3.67. The molecule has 2 N–H and O–H groups in total. The number of hydrazone groups is 1. The molecule has 0 aliphatic carbocycles. The molecule has 3 aromatic rings. The monoisotopic (exact) mass is 585 g/mol. The summed E-state index contributed by atoms with van der Waals surface area (Å²) < 4.78 is 40.4. The average Bonchev–Trinajstić information content (AvgIpc) is 2.90. The van der Waals surface area contributed by atoms with E-state index in [1.807, 2.05) is 44.2 Å². The fraction of sp³-hybridized carbons (Fsp3) is 0.333. The van der Waals surface area contributed by atoms with Gasteiger partial charge in [0.25, 0.3) is 10.0 Å². The Bertz CT molecular complexity index is 1410. The van der Waals surface area contributed by atoms with Crippen LogP contribution in [0.1, 0.15) is 49.8 Å². The van der Waals surface area contributed by atoms with Gasteiger partial charge in [0, 0.05) is 24.9 Å². The Labute approximate surface area is 241 Å². The third-order valence-electron chi connectivity index (χ3n) is 6.23. The maximum absolute atomic E-state index is 14.0. The second-order valence-electron chi connectivity index (χ2n) is 9.40. The molecule has 0 radical (unpaired) electrons. The SMILES string of the molecule is CCOC(=O)CCCC(C)N(c1cc(C)cc(OCCc2ccc(C=NN)cc2)c1)S(=O)(=O)c1ccccc1Cl. The summed E-state index contributed by atoms with van der Waals surface area (Å²) >= 11 is 6.34. The number of nitrogens with zero attached hydrogens (tertiary/aromatic N) is 2. The van der Waals surface area contributed by atoms with Gasteiger partial charge in [-0.2, -0.15) is 5.10 Å². The minimum Gasteiger partial charge on any atom is -0.493 e. The predicted molar refractivity (Wildman–Crippen MR) is 160 cm³/mol. The normalized spacial score (nSPS) is 12.3. The van der Waals surface area contributed by atoms with Crippen molar-refractivity contribution in [2.24, 2.45) is 10.9 Å². The number of rotatable bonds is 14. The van der Waals surface area contributed by atoms with E-state index in [4.69, 9.17) is 26.9 Å². The van der Waals surface area contributed by atoms with Crippen LogP contribution in [0, 0.1) is 6.92 Å². The smallest absolute Gasteiger partial charge is 0.305 e. The number of carbonyl (C=O) groups is 1. The molecule has 3 aromatic carbocycles. The summed E-state index contributed by atoms with van der Waals surface area (Å²) in [6.07, 6.45) is 3.36. The van der Waals surface area contributed by atoms with Crippen molar-refractivity contribution in [3.8, 4) is 5.75 Å². The molecular formula is C30H36ClN3O5S. The summed E-state index contributed by atoms with van der Waals surface area (Å²) in [4.78, 5) is 11.9. The van der Waals surface area contributed by atoms with Crippen molar-refractivity contribution in [3.63, 3.8) is 0 Å². The zero-order chi connectivity index (χ0) is 29.1. The average molecular weight is 586 g/mol. The van der Waals surface area contributed by atoms with Crippen LogP contribution in [0.15, 0.2) is 76.7 Å².